The van der Waals surface area contributed by atoms with Crippen LogP contribution in [0.5, 0.6) is 0 Å². The van der Waals surface area contributed by atoms with Crippen LogP contribution in [0.4, 0.5) is 0 Å². The molecule has 3 atom stereocenters. The van der Waals surface area contributed by atoms with Gasteiger partial charge in [0.1, 0.15) is 24.1 Å². The van der Waals surface area contributed by atoms with Gasteiger partial charge >= 0.3 is 5.97 Å². The molecule has 1 fully saturated rings. The highest BCUT2D eigenvalue weighted by Gasteiger charge is 2.53. The van der Waals surface area contributed by atoms with Crippen LogP contribution in [0.25, 0.3) is 0 Å². The van der Waals surface area contributed by atoms with E-state index in [4.69, 9.17) is 18.5 Å². The Morgan fingerprint density at radius 3 is 3.00 bits per heavy atom. The molecule has 1 amide bonds. The van der Waals surface area contributed by atoms with Crippen molar-refractivity contribution < 1.29 is 14.3 Å². The Balaban J connectivity index is 1.92. The molecule has 0 bridgehead atoms. The highest BCUT2D eigenvalue weighted by Crippen LogP contribution is 2.44. The van der Waals surface area contributed by atoms with Crippen LogP contribution in [0.15, 0.2) is 11.0 Å². The van der Waals surface area contributed by atoms with Gasteiger partial charge in [-0.05, 0) is 5.41 Å². The number of aromatic nitrogens is 4. The van der Waals surface area contributed by atoms with Gasteiger partial charge in [-0.1, -0.05) is 5.21 Å². The standard InChI is InChI=1S/C10H11BN6O3S/c1-4(18)20-2-5-3-21-10-6(12)9(19)16(10)7(5)8-13-15-17(11)14-8/h3,6-7,10H,2,12H2,1H3/t6-,7-,10-/m1/s1. The maximum Gasteiger partial charge on any atom is 0.302 e. The average molecular weight is 306 g/mol. The minimum Gasteiger partial charge on any atom is -0.461 e. The number of β-lactam (4-membered cyclic amide) rings is 1. The van der Waals surface area contributed by atoms with E-state index in [1.807, 2.05) is 5.41 Å². The maximum atomic E-state index is 12.0. The summed E-state index contributed by atoms with van der Waals surface area (Å²) < 4.78 is 5.83. The maximum absolute atomic E-state index is 12.0. The summed E-state index contributed by atoms with van der Waals surface area (Å²) in [5, 5.41) is 13.0. The molecule has 0 aromatic carbocycles. The molecule has 1 aromatic rings. The van der Waals surface area contributed by atoms with E-state index in [0.717, 1.165) is 4.71 Å². The molecule has 1 aromatic heterocycles. The lowest BCUT2D eigenvalue weighted by molar-refractivity contribution is -0.147. The van der Waals surface area contributed by atoms with Gasteiger partial charge in [0.25, 0.3) is 7.98 Å². The van der Waals surface area contributed by atoms with Gasteiger partial charge in [0.2, 0.25) is 5.91 Å². The fraction of sp³-hybridized carbons (Fsp3) is 0.500. The number of hydrogen-bond acceptors (Lipinski definition) is 8. The Morgan fingerprint density at radius 2 is 2.38 bits per heavy atom. The molecule has 0 unspecified atom stereocenters. The highest BCUT2D eigenvalue weighted by molar-refractivity contribution is 8.02. The third-order valence-electron chi connectivity index (χ3n) is 3.24. The summed E-state index contributed by atoms with van der Waals surface area (Å²) in [5.41, 5.74) is 6.46. The van der Waals surface area contributed by atoms with E-state index in [1.54, 1.807) is 4.90 Å². The first-order valence-corrected chi connectivity index (χ1v) is 7.04. The van der Waals surface area contributed by atoms with Crippen molar-refractivity contribution in [3.05, 3.63) is 16.8 Å². The molecule has 21 heavy (non-hydrogen) atoms. The SMILES string of the molecule is [B]n1nnc([C@H]2C(COC(C)=O)=CS[C@@H]3[C@H](N)C(=O)N23)n1. The number of carbonyl (C=O) groups excluding carboxylic acids is 2. The smallest absolute Gasteiger partial charge is 0.302 e. The lowest BCUT2D eigenvalue weighted by Crippen LogP contribution is -2.68. The first kappa shape index (κ1) is 14.1. The van der Waals surface area contributed by atoms with Crippen LogP contribution in [-0.4, -0.2) is 62.9 Å². The molecule has 2 N–H and O–H groups in total. The van der Waals surface area contributed by atoms with E-state index >= 15 is 0 Å². The van der Waals surface area contributed by atoms with Crippen molar-refractivity contribution in [3.63, 3.8) is 0 Å². The second-order valence-electron chi connectivity index (χ2n) is 4.64. The normalized spacial score (nSPS) is 27.7. The first-order valence-electron chi connectivity index (χ1n) is 6.09. The van der Waals surface area contributed by atoms with Gasteiger partial charge in [-0.15, -0.1) is 22.0 Å². The third kappa shape index (κ3) is 2.31. The molecule has 11 heteroatoms. The average Bonchev–Trinajstić information content (AvgIpc) is 2.89. The van der Waals surface area contributed by atoms with Crippen molar-refractivity contribution in [1.82, 2.24) is 25.0 Å². The first-order chi connectivity index (χ1) is 9.99. The summed E-state index contributed by atoms with van der Waals surface area (Å²) in [4.78, 5) is 24.6. The van der Waals surface area contributed by atoms with Crippen LogP contribution in [0, 0.1) is 0 Å². The van der Waals surface area contributed by atoms with Gasteiger partial charge in [0.15, 0.2) is 5.82 Å². The van der Waals surface area contributed by atoms with Crippen molar-refractivity contribution in [2.75, 3.05) is 6.61 Å². The summed E-state index contributed by atoms with van der Waals surface area (Å²) in [5.74, 6) is -0.357. The lowest BCUT2D eigenvalue weighted by atomic mass is 9.98. The van der Waals surface area contributed by atoms with Gasteiger partial charge in [0.05, 0.1) is 0 Å². The Hall–Kier alpha value is -1.88. The molecule has 0 saturated carbocycles. The van der Waals surface area contributed by atoms with Crippen LogP contribution < -0.4 is 5.73 Å². The van der Waals surface area contributed by atoms with Gasteiger partial charge in [0, 0.05) is 12.5 Å². The molecule has 2 aliphatic rings. The molecule has 3 heterocycles. The van der Waals surface area contributed by atoms with E-state index in [1.165, 1.54) is 18.7 Å². The number of nitrogens with two attached hydrogens (primary N) is 1. The van der Waals surface area contributed by atoms with Gasteiger partial charge in [-0.25, -0.2) is 4.71 Å². The van der Waals surface area contributed by atoms with E-state index < -0.39 is 18.1 Å². The monoisotopic (exact) mass is 306 g/mol. The molecule has 3 rings (SSSR count). The summed E-state index contributed by atoms with van der Waals surface area (Å²) in [6, 6.07) is -1.13. The summed E-state index contributed by atoms with van der Waals surface area (Å²) in [7, 11) is 5.41. The lowest BCUT2D eigenvalue weighted by Gasteiger charge is -2.50. The van der Waals surface area contributed by atoms with E-state index in [0.29, 0.717) is 5.57 Å². The summed E-state index contributed by atoms with van der Waals surface area (Å²) in [6.45, 7) is 1.35. The summed E-state index contributed by atoms with van der Waals surface area (Å²) >= 11 is 1.40. The van der Waals surface area contributed by atoms with E-state index in [2.05, 4.69) is 15.4 Å². The van der Waals surface area contributed by atoms with Crippen molar-refractivity contribution >= 4 is 31.6 Å². The molecular formula is C10H11BN6O3S. The van der Waals surface area contributed by atoms with Crippen LogP contribution in [0.1, 0.15) is 18.8 Å². The van der Waals surface area contributed by atoms with Crippen LogP contribution in [0.3, 0.4) is 0 Å². The van der Waals surface area contributed by atoms with Gasteiger partial charge < -0.3 is 15.4 Å². The van der Waals surface area contributed by atoms with Crippen LogP contribution in [-0.2, 0) is 14.3 Å². The van der Waals surface area contributed by atoms with Crippen LogP contribution >= 0.6 is 11.8 Å². The minimum atomic E-state index is -0.569. The molecule has 108 valence electrons. The number of ether oxygens (including phenoxy) is 1. The number of amides is 1. The molecular weight excluding hydrogens is 295 g/mol. The predicted molar refractivity (Wildman–Crippen MR) is 72.6 cm³/mol. The topological polar surface area (TPSA) is 116 Å². The van der Waals surface area contributed by atoms with Crippen molar-refractivity contribution in [1.29, 1.82) is 0 Å². The molecule has 1 saturated heterocycles. The number of tetrazole rings is 1. The predicted octanol–water partition coefficient (Wildman–Crippen LogP) is -1.66. The third-order valence-corrected chi connectivity index (χ3v) is 4.48. The Bertz CT molecular complexity index is 634. The second kappa shape index (κ2) is 5.15. The van der Waals surface area contributed by atoms with Crippen LogP contribution in [0.2, 0.25) is 0 Å². The Morgan fingerprint density at radius 1 is 1.62 bits per heavy atom. The zero-order chi connectivity index (χ0) is 15.1. The number of rotatable bonds is 3. The second-order valence-corrected chi connectivity index (χ2v) is 5.63. The Kier molecular flexibility index (Phi) is 3.45. The number of fused-ring (bicyclic) bond motifs is 1. The molecule has 9 nitrogen and oxygen atoms in total. The fourth-order valence-electron chi connectivity index (χ4n) is 2.27. The van der Waals surface area contributed by atoms with E-state index in [-0.39, 0.29) is 23.7 Å². The highest BCUT2D eigenvalue weighted by atomic mass is 32.2. The zero-order valence-corrected chi connectivity index (χ0v) is 11.9. The van der Waals surface area contributed by atoms with Crippen molar-refractivity contribution in [3.8, 4) is 0 Å². The molecule has 2 aliphatic heterocycles. The number of carbonyl (C=O) groups is 2. The van der Waals surface area contributed by atoms with Gasteiger partial charge in [-0.3, -0.25) is 9.59 Å². The quantitative estimate of drug-likeness (QED) is 0.400. The van der Waals surface area contributed by atoms with Gasteiger partial charge in [-0.2, -0.15) is 0 Å². The summed E-state index contributed by atoms with van der Waals surface area (Å²) in [6.07, 6.45) is 0. The molecule has 0 spiro atoms. The zero-order valence-electron chi connectivity index (χ0n) is 11.0. The number of thioether (sulfide) groups is 1. The number of nitrogens with zero attached hydrogens (tertiary/aromatic N) is 5. The van der Waals surface area contributed by atoms with Crippen molar-refractivity contribution in [2.24, 2.45) is 5.73 Å². The van der Waals surface area contributed by atoms with Crippen molar-refractivity contribution in [2.45, 2.75) is 24.4 Å². The molecule has 0 aliphatic carbocycles. The minimum absolute atomic E-state index is 0.0395. The number of esters is 1. The largest absolute Gasteiger partial charge is 0.461 e. The Labute approximate surface area is 125 Å². The number of hydrogen-bond donors (Lipinski definition) is 1. The van der Waals surface area contributed by atoms with E-state index in [9.17, 15) is 9.59 Å². The molecule has 2 radical (unpaired) electrons. The fourth-order valence-corrected chi connectivity index (χ4v) is 3.42.